The van der Waals surface area contributed by atoms with Crippen molar-refractivity contribution >= 4 is 21.4 Å². The lowest BCUT2D eigenvalue weighted by atomic mass is 9.98. The molecule has 3 N–H and O–H groups in total. The van der Waals surface area contributed by atoms with E-state index in [0.29, 0.717) is 17.3 Å². The van der Waals surface area contributed by atoms with E-state index in [9.17, 15) is 8.42 Å². The summed E-state index contributed by atoms with van der Waals surface area (Å²) < 4.78 is 27.0. The second-order valence-electron chi connectivity index (χ2n) is 5.26. The van der Waals surface area contributed by atoms with Gasteiger partial charge < -0.3 is 5.73 Å². The third kappa shape index (κ3) is 4.06. The Morgan fingerprint density at radius 2 is 2.00 bits per heavy atom. The fourth-order valence-corrected chi connectivity index (χ4v) is 4.00. The predicted octanol–water partition coefficient (Wildman–Crippen LogP) is 1.84. The van der Waals surface area contributed by atoms with E-state index in [1.54, 1.807) is 6.07 Å². The molecule has 0 aliphatic rings. The minimum atomic E-state index is -3.39. The highest BCUT2D eigenvalue weighted by molar-refractivity contribution is 7.91. The molecule has 17 heavy (non-hydrogen) atoms. The Morgan fingerprint density at radius 1 is 1.41 bits per heavy atom. The van der Waals surface area contributed by atoms with E-state index in [0.717, 1.165) is 10.4 Å². The van der Waals surface area contributed by atoms with Crippen molar-refractivity contribution in [2.75, 3.05) is 6.54 Å². The quantitative estimate of drug-likeness (QED) is 0.881. The fraction of sp³-hybridized carbons (Fsp3) is 0.636. The van der Waals surface area contributed by atoms with Gasteiger partial charge in [-0.1, -0.05) is 20.8 Å². The first-order chi connectivity index (χ1) is 7.65. The van der Waals surface area contributed by atoms with E-state index >= 15 is 0 Å². The van der Waals surface area contributed by atoms with Crippen molar-refractivity contribution < 1.29 is 8.42 Å². The molecule has 4 nitrogen and oxygen atoms in total. The number of aryl methyl sites for hydroxylation is 1. The van der Waals surface area contributed by atoms with Gasteiger partial charge in [0.25, 0.3) is 0 Å². The Labute approximate surface area is 107 Å². The smallest absolute Gasteiger partial charge is 0.250 e. The van der Waals surface area contributed by atoms with Gasteiger partial charge in [0.1, 0.15) is 4.21 Å². The van der Waals surface area contributed by atoms with Crippen LogP contribution in [-0.4, -0.2) is 15.0 Å². The molecule has 0 aliphatic carbocycles. The van der Waals surface area contributed by atoms with Crippen molar-refractivity contribution in [3.8, 4) is 0 Å². The first-order valence-electron chi connectivity index (χ1n) is 5.45. The SMILES string of the molecule is Cc1cc(S(=O)(=O)NCC(C)(C)C)sc1CN. The zero-order chi connectivity index (χ0) is 13.3. The van der Waals surface area contributed by atoms with E-state index < -0.39 is 10.0 Å². The predicted molar refractivity (Wildman–Crippen MR) is 71.6 cm³/mol. The highest BCUT2D eigenvalue weighted by atomic mass is 32.2. The topological polar surface area (TPSA) is 72.2 Å². The van der Waals surface area contributed by atoms with Crippen LogP contribution in [0.25, 0.3) is 0 Å². The second kappa shape index (κ2) is 5.06. The molecule has 0 atom stereocenters. The lowest BCUT2D eigenvalue weighted by molar-refractivity contribution is 0.408. The molecule has 0 radical (unpaired) electrons. The van der Waals surface area contributed by atoms with E-state index in [4.69, 9.17) is 5.73 Å². The number of hydrogen-bond donors (Lipinski definition) is 2. The zero-order valence-electron chi connectivity index (χ0n) is 10.7. The summed E-state index contributed by atoms with van der Waals surface area (Å²) in [5, 5.41) is 0. The van der Waals surface area contributed by atoms with Crippen LogP contribution >= 0.6 is 11.3 Å². The van der Waals surface area contributed by atoms with Crippen molar-refractivity contribution in [3.63, 3.8) is 0 Å². The Morgan fingerprint density at radius 3 is 2.41 bits per heavy atom. The normalized spacial score (nSPS) is 13.0. The van der Waals surface area contributed by atoms with Crippen LogP contribution in [0.2, 0.25) is 0 Å². The van der Waals surface area contributed by atoms with Gasteiger partial charge in [-0.25, -0.2) is 13.1 Å². The van der Waals surface area contributed by atoms with Gasteiger partial charge in [-0.05, 0) is 24.0 Å². The van der Waals surface area contributed by atoms with Gasteiger partial charge in [-0.2, -0.15) is 0 Å². The summed E-state index contributed by atoms with van der Waals surface area (Å²) in [7, 11) is -3.39. The van der Waals surface area contributed by atoms with Gasteiger partial charge in [0.15, 0.2) is 0 Å². The van der Waals surface area contributed by atoms with E-state index in [2.05, 4.69) is 4.72 Å². The summed E-state index contributed by atoms with van der Waals surface area (Å²) in [4.78, 5) is 0.918. The lowest BCUT2D eigenvalue weighted by Gasteiger charge is -2.18. The Balaban J connectivity index is 2.90. The van der Waals surface area contributed by atoms with Crippen molar-refractivity contribution in [1.82, 2.24) is 4.72 Å². The van der Waals surface area contributed by atoms with Gasteiger partial charge in [-0.3, -0.25) is 0 Å². The van der Waals surface area contributed by atoms with Crippen LogP contribution in [0.5, 0.6) is 0 Å². The average Bonchev–Trinajstić information content (AvgIpc) is 2.56. The Bertz CT molecular complexity index is 484. The number of thiophene rings is 1. The summed E-state index contributed by atoms with van der Waals surface area (Å²) in [5.41, 5.74) is 6.41. The number of sulfonamides is 1. The molecule has 0 fully saturated rings. The molecule has 1 rings (SSSR count). The first kappa shape index (κ1) is 14.6. The fourth-order valence-electron chi connectivity index (χ4n) is 1.21. The van der Waals surface area contributed by atoms with E-state index in [1.807, 2.05) is 27.7 Å². The molecular weight excluding hydrogens is 256 g/mol. The van der Waals surface area contributed by atoms with Gasteiger partial charge in [-0.15, -0.1) is 11.3 Å². The number of hydrogen-bond acceptors (Lipinski definition) is 4. The third-order valence-electron chi connectivity index (χ3n) is 2.24. The third-order valence-corrected chi connectivity index (χ3v) is 5.38. The van der Waals surface area contributed by atoms with Crippen LogP contribution < -0.4 is 10.5 Å². The average molecular weight is 276 g/mol. The molecule has 1 aromatic rings. The molecular formula is C11H20N2O2S2. The Kier molecular flexibility index (Phi) is 4.35. The van der Waals surface area contributed by atoms with Crippen molar-refractivity contribution in [3.05, 3.63) is 16.5 Å². The molecule has 0 aliphatic heterocycles. The highest BCUT2D eigenvalue weighted by Crippen LogP contribution is 2.25. The van der Waals surface area contributed by atoms with Crippen LogP contribution in [0.4, 0.5) is 0 Å². The minimum absolute atomic E-state index is 0.0733. The molecule has 98 valence electrons. The summed E-state index contributed by atoms with van der Waals surface area (Å²) in [6.45, 7) is 8.64. The molecule has 0 bridgehead atoms. The van der Waals surface area contributed by atoms with Crippen LogP contribution in [0.15, 0.2) is 10.3 Å². The number of nitrogens with one attached hydrogen (secondary N) is 1. The van der Waals surface area contributed by atoms with Crippen molar-refractivity contribution in [2.45, 2.75) is 38.4 Å². The van der Waals surface area contributed by atoms with Gasteiger partial charge in [0.2, 0.25) is 10.0 Å². The maximum Gasteiger partial charge on any atom is 0.250 e. The van der Waals surface area contributed by atoms with Gasteiger partial charge in [0.05, 0.1) is 0 Å². The molecule has 0 unspecified atom stereocenters. The number of rotatable bonds is 4. The van der Waals surface area contributed by atoms with E-state index in [-0.39, 0.29) is 5.41 Å². The summed E-state index contributed by atoms with van der Waals surface area (Å²) in [5.74, 6) is 0. The van der Waals surface area contributed by atoms with Crippen LogP contribution in [0.3, 0.4) is 0 Å². The Hall–Kier alpha value is -0.430. The molecule has 0 amide bonds. The van der Waals surface area contributed by atoms with Gasteiger partial charge in [0, 0.05) is 18.0 Å². The maximum atomic E-state index is 12.0. The van der Waals surface area contributed by atoms with Gasteiger partial charge >= 0.3 is 0 Å². The zero-order valence-corrected chi connectivity index (χ0v) is 12.3. The van der Waals surface area contributed by atoms with Crippen LogP contribution in [-0.2, 0) is 16.6 Å². The maximum absolute atomic E-state index is 12.0. The number of nitrogens with two attached hydrogens (primary N) is 1. The molecule has 1 aromatic heterocycles. The van der Waals surface area contributed by atoms with Crippen molar-refractivity contribution in [1.29, 1.82) is 0 Å². The summed E-state index contributed by atoms with van der Waals surface area (Å²) in [6, 6.07) is 1.68. The second-order valence-corrected chi connectivity index (χ2v) is 8.39. The monoisotopic (exact) mass is 276 g/mol. The molecule has 6 heteroatoms. The molecule has 0 saturated carbocycles. The largest absolute Gasteiger partial charge is 0.326 e. The molecule has 0 aromatic carbocycles. The van der Waals surface area contributed by atoms with Crippen LogP contribution in [0, 0.1) is 12.3 Å². The molecule has 0 spiro atoms. The summed E-state index contributed by atoms with van der Waals surface area (Å²) >= 11 is 1.24. The standard InChI is InChI=1S/C11H20N2O2S2/c1-8-5-10(16-9(8)6-12)17(14,15)13-7-11(2,3)4/h5,13H,6-7,12H2,1-4H3. The molecule has 1 heterocycles. The first-order valence-corrected chi connectivity index (χ1v) is 7.75. The minimum Gasteiger partial charge on any atom is -0.326 e. The van der Waals surface area contributed by atoms with E-state index in [1.165, 1.54) is 11.3 Å². The van der Waals surface area contributed by atoms with Crippen molar-refractivity contribution in [2.24, 2.45) is 11.1 Å². The summed E-state index contributed by atoms with van der Waals surface area (Å²) in [6.07, 6.45) is 0. The highest BCUT2D eigenvalue weighted by Gasteiger charge is 2.21. The lowest BCUT2D eigenvalue weighted by Crippen LogP contribution is -2.31. The van der Waals surface area contributed by atoms with Crippen LogP contribution in [0.1, 0.15) is 31.2 Å². The molecule has 0 saturated heterocycles.